The molecule has 0 radical (unpaired) electrons. The maximum atomic E-state index is 12.4. The van der Waals surface area contributed by atoms with Crippen LogP contribution in [0.3, 0.4) is 0 Å². The predicted molar refractivity (Wildman–Crippen MR) is 76.0 cm³/mol. The Hall–Kier alpha value is -2.34. The number of aliphatic carboxylic acids is 1. The van der Waals surface area contributed by atoms with Crippen LogP contribution < -0.4 is 4.74 Å². The molecule has 0 spiro atoms. The molecule has 0 saturated carbocycles. The summed E-state index contributed by atoms with van der Waals surface area (Å²) in [6.07, 6.45) is 1.74. The van der Waals surface area contributed by atoms with E-state index in [0.29, 0.717) is 5.57 Å². The average molecular weight is 291 g/mol. The van der Waals surface area contributed by atoms with E-state index in [0.717, 1.165) is 11.3 Å². The fourth-order valence-corrected chi connectivity index (χ4v) is 2.06. The number of carbonyl (C=O) groups excluding carboxylic acids is 1. The van der Waals surface area contributed by atoms with Crippen LogP contribution in [0.15, 0.2) is 29.8 Å². The Morgan fingerprint density at radius 2 is 2.14 bits per heavy atom. The summed E-state index contributed by atoms with van der Waals surface area (Å²) in [5.41, 5.74) is 1.25. The quantitative estimate of drug-likeness (QED) is 0.847. The summed E-state index contributed by atoms with van der Waals surface area (Å²) in [5, 5.41) is 8.90. The van der Waals surface area contributed by atoms with E-state index in [1.165, 1.54) is 12.0 Å². The lowest BCUT2D eigenvalue weighted by Gasteiger charge is -2.24. The molecule has 1 aromatic carbocycles. The van der Waals surface area contributed by atoms with Crippen LogP contribution >= 0.6 is 0 Å². The second-order valence-electron chi connectivity index (χ2n) is 4.61. The van der Waals surface area contributed by atoms with Gasteiger partial charge in [-0.25, -0.2) is 0 Å². The van der Waals surface area contributed by atoms with Crippen molar-refractivity contribution in [2.75, 3.05) is 33.4 Å². The van der Waals surface area contributed by atoms with Crippen LogP contribution in [0.1, 0.15) is 5.56 Å². The van der Waals surface area contributed by atoms with Gasteiger partial charge in [-0.1, -0.05) is 18.2 Å². The highest BCUT2D eigenvalue weighted by Gasteiger charge is 2.23. The van der Waals surface area contributed by atoms with Crippen molar-refractivity contribution >= 4 is 18.0 Å². The summed E-state index contributed by atoms with van der Waals surface area (Å²) in [7, 11) is 1.50. The van der Waals surface area contributed by atoms with Gasteiger partial charge in [0.25, 0.3) is 5.91 Å². The molecule has 2 rings (SSSR count). The first-order chi connectivity index (χ1) is 10.1. The third-order valence-corrected chi connectivity index (χ3v) is 3.09. The number of hydrogen-bond acceptors (Lipinski definition) is 4. The van der Waals surface area contributed by atoms with E-state index in [9.17, 15) is 9.59 Å². The maximum absolute atomic E-state index is 12.4. The Balaban J connectivity index is 2.17. The first-order valence-corrected chi connectivity index (χ1v) is 6.54. The minimum Gasteiger partial charge on any atom is -0.488 e. The summed E-state index contributed by atoms with van der Waals surface area (Å²) in [4.78, 5) is 24.5. The Morgan fingerprint density at radius 3 is 2.86 bits per heavy atom. The number of carboxylic acid groups (broad SMARTS) is 1. The number of rotatable bonds is 6. The number of ether oxygens (including phenoxy) is 2. The fourth-order valence-electron chi connectivity index (χ4n) is 2.06. The largest absolute Gasteiger partial charge is 0.488 e. The van der Waals surface area contributed by atoms with Gasteiger partial charge >= 0.3 is 5.97 Å². The molecule has 21 heavy (non-hydrogen) atoms. The normalized spacial score (nSPS) is 12.9. The van der Waals surface area contributed by atoms with Gasteiger partial charge in [0.1, 0.15) is 18.9 Å². The molecule has 0 unspecified atom stereocenters. The van der Waals surface area contributed by atoms with Crippen LogP contribution in [0.5, 0.6) is 5.75 Å². The first kappa shape index (κ1) is 15.1. The number of benzene rings is 1. The lowest BCUT2D eigenvalue weighted by Crippen LogP contribution is -2.40. The number of fused-ring (bicyclic) bond motifs is 1. The van der Waals surface area contributed by atoms with Crippen LogP contribution in [0, 0.1) is 0 Å². The summed E-state index contributed by atoms with van der Waals surface area (Å²) >= 11 is 0. The van der Waals surface area contributed by atoms with Crippen molar-refractivity contribution < 1.29 is 24.2 Å². The zero-order chi connectivity index (χ0) is 15.2. The van der Waals surface area contributed by atoms with Crippen LogP contribution in [0.2, 0.25) is 0 Å². The molecule has 1 heterocycles. The van der Waals surface area contributed by atoms with Gasteiger partial charge in [-0.15, -0.1) is 0 Å². The van der Waals surface area contributed by atoms with E-state index >= 15 is 0 Å². The number of para-hydroxylation sites is 1. The van der Waals surface area contributed by atoms with Gasteiger partial charge in [0, 0.05) is 19.2 Å². The first-order valence-electron chi connectivity index (χ1n) is 6.54. The third-order valence-electron chi connectivity index (χ3n) is 3.09. The number of hydrogen-bond donors (Lipinski definition) is 1. The maximum Gasteiger partial charge on any atom is 0.323 e. The molecule has 1 N–H and O–H groups in total. The number of nitrogens with zero attached hydrogens (tertiary/aromatic N) is 1. The Labute approximate surface area is 122 Å². The number of amides is 1. The molecule has 1 aliphatic heterocycles. The Kier molecular flexibility index (Phi) is 4.94. The molecular weight excluding hydrogens is 274 g/mol. The standard InChI is InChI=1S/C15H17NO5/c1-20-7-6-16(9-14(17)18)15(19)12-8-11-4-2-3-5-13(11)21-10-12/h2-5,8H,6-7,9-10H2,1H3,(H,17,18). The molecule has 6 nitrogen and oxygen atoms in total. The smallest absolute Gasteiger partial charge is 0.323 e. The van der Waals surface area contributed by atoms with Gasteiger partial charge < -0.3 is 19.5 Å². The molecule has 0 fully saturated rings. The lowest BCUT2D eigenvalue weighted by atomic mass is 10.1. The molecule has 0 atom stereocenters. The van der Waals surface area contributed by atoms with E-state index in [4.69, 9.17) is 14.6 Å². The Morgan fingerprint density at radius 1 is 1.38 bits per heavy atom. The molecule has 0 saturated heterocycles. The average Bonchev–Trinajstić information content (AvgIpc) is 2.50. The van der Waals surface area contributed by atoms with Gasteiger partial charge in [-0.05, 0) is 12.1 Å². The highest BCUT2D eigenvalue weighted by atomic mass is 16.5. The SMILES string of the molecule is COCCN(CC(=O)O)C(=O)C1=Cc2ccccc2OC1. The minimum atomic E-state index is -1.06. The zero-order valence-corrected chi connectivity index (χ0v) is 11.7. The van der Waals surface area contributed by atoms with Gasteiger partial charge in [-0.2, -0.15) is 0 Å². The van der Waals surface area contributed by atoms with Gasteiger partial charge in [-0.3, -0.25) is 9.59 Å². The second kappa shape index (κ2) is 6.90. The Bertz CT molecular complexity index is 567. The van der Waals surface area contributed by atoms with Crippen molar-refractivity contribution in [1.29, 1.82) is 0 Å². The minimum absolute atomic E-state index is 0.138. The molecule has 1 aromatic rings. The lowest BCUT2D eigenvalue weighted by molar-refractivity contribution is -0.143. The fraction of sp³-hybridized carbons (Fsp3) is 0.333. The molecule has 112 valence electrons. The molecular formula is C15H17NO5. The molecule has 0 aromatic heterocycles. The van der Waals surface area contributed by atoms with Crippen molar-refractivity contribution in [3.8, 4) is 5.75 Å². The van der Waals surface area contributed by atoms with Crippen LogP contribution in [-0.4, -0.2) is 55.3 Å². The highest BCUT2D eigenvalue weighted by molar-refractivity contribution is 6.00. The molecule has 1 aliphatic rings. The topological polar surface area (TPSA) is 76.1 Å². The van der Waals surface area contributed by atoms with Crippen LogP contribution in [-0.2, 0) is 14.3 Å². The van der Waals surface area contributed by atoms with Crippen molar-refractivity contribution in [2.45, 2.75) is 0 Å². The van der Waals surface area contributed by atoms with Crippen molar-refractivity contribution in [3.05, 3.63) is 35.4 Å². The van der Waals surface area contributed by atoms with Crippen molar-refractivity contribution in [2.24, 2.45) is 0 Å². The van der Waals surface area contributed by atoms with Gasteiger partial charge in [0.15, 0.2) is 0 Å². The predicted octanol–water partition coefficient (Wildman–Crippen LogP) is 1.02. The summed E-state index contributed by atoms with van der Waals surface area (Å²) in [5.74, 6) is -0.683. The van der Waals surface area contributed by atoms with Gasteiger partial charge in [0.2, 0.25) is 0 Å². The van der Waals surface area contributed by atoms with E-state index < -0.39 is 5.97 Å². The molecule has 0 bridgehead atoms. The van der Waals surface area contributed by atoms with Gasteiger partial charge in [0.05, 0.1) is 12.2 Å². The van der Waals surface area contributed by atoms with Crippen molar-refractivity contribution in [3.63, 3.8) is 0 Å². The zero-order valence-electron chi connectivity index (χ0n) is 11.7. The summed E-state index contributed by atoms with van der Waals surface area (Å²) < 4.78 is 10.4. The number of carboxylic acids is 1. The third kappa shape index (κ3) is 3.82. The molecule has 0 aliphatic carbocycles. The second-order valence-corrected chi connectivity index (χ2v) is 4.61. The van der Waals surface area contributed by atoms with Crippen molar-refractivity contribution in [1.82, 2.24) is 4.90 Å². The summed E-state index contributed by atoms with van der Waals surface area (Å²) in [6.45, 7) is 0.282. The van der Waals surface area contributed by atoms with E-state index in [1.807, 2.05) is 24.3 Å². The van der Waals surface area contributed by atoms with E-state index in [1.54, 1.807) is 6.08 Å². The molecule has 6 heteroatoms. The van der Waals surface area contributed by atoms with Crippen LogP contribution in [0.4, 0.5) is 0 Å². The molecule has 1 amide bonds. The van der Waals surface area contributed by atoms with E-state index in [2.05, 4.69) is 0 Å². The van der Waals surface area contributed by atoms with E-state index in [-0.39, 0.29) is 32.2 Å². The number of methoxy groups -OCH3 is 1. The highest BCUT2D eigenvalue weighted by Crippen LogP contribution is 2.26. The summed E-state index contributed by atoms with van der Waals surface area (Å²) in [6, 6.07) is 7.38. The monoisotopic (exact) mass is 291 g/mol. The van der Waals surface area contributed by atoms with Crippen LogP contribution in [0.25, 0.3) is 6.08 Å². The number of carbonyl (C=O) groups is 2.